The molecule has 0 spiro atoms. The minimum atomic E-state index is -2.77. The average molecular weight is 253 g/mol. The normalized spacial score (nSPS) is 11.9. The SMILES string of the molecule is CCCCCNCCSCCS(C)(=O)=O. The zero-order valence-electron chi connectivity index (χ0n) is 9.79. The van der Waals surface area contributed by atoms with Gasteiger partial charge in [-0.3, -0.25) is 0 Å². The number of rotatable bonds is 10. The second kappa shape index (κ2) is 9.48. The van der Waals surface area contributed by atoms with Gasteiger partial charge in [-0.2, -0.15) is 11.8 Å². The standard InChI is InChI=1S/C10H23NO2S2/c1-3-4-5-6-11-7-8-14-9-10-15(2,12)13/h11H,3-10H2,1-2H3. The van der Waals surface area contributed by atoms with Crippen LogP contribution in [-0.4, -0.2) is 45.0 Å². The van der Waals surface area contributed by atoms with Crippen LogP contribution in [0.1, 0.15) is 26.2 Å². The number of hydrogen-bond donors (Lipinski definition) is 1. The Bertz CT molecular complexity index is 228. The van der Waals surface area contributed by atoms with Gasteiger partial charge >= 0.3 is 0 Å². The van der Waals surface area contributed by atoms with Gasteiger partial charge in [-0.05, 0) is 13.0 Å². The van der Waals surface area contributed by atoms with Crippen LogP contribution in [0.2, 0.25) is 0 Å². The second-order valence-electron chi connectivity index (χ2n) is 3.70. The van der Waals surface area contributed by atoms with Gasteiger partial charge in [0.05, 0.1) is 5.75 Å². The molecule has 15 heavy (non-hydrogen) atoms. The molecular weight excluding hydrogens is 230 g/mol. The maximum Gasteiger partial charge on any atom is 0.148 e. The van der Waals surface area contributed by atoms with Crippen LogP contribution in [0.5, 0.6) is 0 Å². The highest BCUT2D eigenvalue weighted by molar-refractivity contribution is 8.00. The van der Waals surface area contributed by atoms with Gasteiger partial charge in [0, 0.05) is 24.3 Å². The van der Waals surface area contributed by atoms with Crippen molar-refractivity contribution in [3.05, 3.63) is 0 Å². The molecule has 0 atom stereocenters. The first kappa shape index (κ1) is 15.3. The molecule has 5 heteroatoms. The van der Waals surface area contributed by atoms with Crippen molar-refractivity contribution in [3.8, 4) is 0 Å². The van der Waals surface area contributed by atoms with Crippen molar-refractivity contribution in [2.75, 3.05) is 36.6 Å². The van der Waals surface area contributed by atoms with E-state index < -0.39 is 9.84 Å². The highest BCUT2D eigenvalue weighted by Crippen LogP contribution is 2.00. The third kappa shape index (κ3) is 14.3. The van der Waals surface area contributed by atoms with E-state index in [1.165, 1.54) is 25.5 Å². The van der Waals surface area contributed by atoms with Crippen molar-refractivity contribution >= 4 is 21.6 Å². The zero-order valence-corrected chi connectivity index (χ0v) is 11.4. The third-order valence-electron chi connectivity index (χ3n) is 1.98. The maximum absolute atomic E-state index is 10.8. The third-order valence-corrected chi connectivity index (χ3v) is 4.17. The van der Waals surface area contributed by atoms with Crippen molar-refractivity contribution < 1.29 is 8.42 Å². The van der Waals surface area contributed by atoms with E-state index in [2.05, 4.69) is 12.2 Å². The summed E-state index contributed by atoms with van der Waals surface area (Å²) in [6.45, 7) is 4.26. The number of hydrogen-bond acceptors (Lipinski definition) is 4. The first-order valence-corrected chi connectivity index (χ1v) is 8.74. The van der Waals surface area contributed by atoms with Crippen molar-refractivity contribution in [1.82, 2.24) is 5.32 Å². The Morgan fingerprint density at radius 3 is 2.47 bits per heavy atom. The van der Waals surface area contributed by atoms with E-state index in [1.807, 2.05) is 0 Å². The van der Waals surface area contributed by atoms with Crippen LogP contribution in [0.25, 0.3) is 0 Å². The molecule has 0 saturated heterocycles. The summed E-state index contributed by atoms with van der Waals surface area (Å²) >= 11 is 1.70. The minimum Gasteiger partial charge on any atom is -0.316 e. The van der Waals surface area contributed by atoms with Gasteiger partial charge < -0.3 is 5.32 Å². The number of thioether (sulfide) groups is 1. The minimum absolute atomic E-state index is 0.299. The van der Waals surface area contributed by atoms with Crippen molar-refractivity contribution in [1.29, 1.82) is 0 Å². The van der Waals surface area contributed by atoms with Crippen LogP contribution in [0, 0.1) is 0 Å². The number of unbranched alkanes of at least 4 members (excludes halogenated alkanes) is 2. The lowest BCUT2D eigenvalue weighted by atomic mass is 10.2. The molecule has 0 rings (SSSR count). The van der Waals surface area contributed by atoms with Gasteiger partial charge in [0.1, 0.15) is 9.84 Å². The summed E-state index contributed by atoms with van der Waals surface area (Å²) in [5, 5.41) is 3.35. The van der Waals surface area contributed by atoms with Crippen LogP contribution in [0.4, 0.5) is 0 Å². The molecule has 1 N–H and O–H groups in total. The highest BCUT2D eigenvalue weighted by atomic mass is 32.2. The second-order valence-corrected chi connectivity index (χ2v) is 7.18. The van der Waals surface area contributed by atoms with E-state index >= 15 is 0 Å². The van der Waals surface area contributed by atoms with Crippen LogP contribution >= 0.6 is 11.8 Å². The van der Waals surface area contributed by atoms with Gasteiger partial charge in [-0.1, -0.05) is 19.8 Å². The molecule has 0 aliphatic rings. The van der Waals surface area contributed by atoms with Crippen LogP contribution in [0.3, 0.4) is 0 Å². The summed E-state index contributed by atoms with van der Waals surface area (Å²) in [6.07, 6.45) is 5.07. The molecule has 0 aromatic carbocycles. The van der Waals surface area contributed by atoms with Gasteiger partial charge in [0.25, 0.3) is 0 Å². The molecule has 0 aromatic rings. The summed E-state index contributed by atoms with van der Waals surface area (Å²) in [5.74, 6) is 2.02. The van der Waals surface area contributed by atoms with E-state index in [-0.39, 0.29) is 0 Å². The first-order valence-electron chi connectivity index (χ1n) is 5.52. The molecule has 0 bridgehead atoms. The summed E-state index contributed by atoms with van der Waals surface area (Å²) in [4.78, 5) is 0. The number of sulfone groups is 1. The fourth-order valence-corrected chi connectivity index (χ4v) is 3.26. The Labute approximate surface area is 98.3 Å². The monoisotopic (exact) mass is 253 g/mol. The van der Waals surface area contributed by atoms with E-state index in [9.17, 15) is 8.42 Å². The molecule has 0 aliphatic heterocycles. The molecule has 92 valence electrons. The van der Waals surface area contributed by atoms with Crippen molar-refractivity contribution in [2.45, 2.75) is 26.2 Å². The fourth-order valence-electron chi connectivity index (χ4n) is 1.08. The predicted molar refractivity (Wildman–Crippen MR) is 69.4 cm³/mol. The quantitative estimate of drug-likeness (QED) is 0.600. The summed E-state index contributed by atoms with van der Waals surface area (Å²) < 4.78 is 21.6. The van der Waals surface area contributed by atoms with Gasteiger partial charge in [0.2, 0.25) is 0 Å². The van der Waals surface area contributed by atoms with E-state index in [4.69, 9.17) is 0 Å². The fraction of sp³-hybridized carbons (Fsp3) is 1.00. The maximum atomic E-state index is 10.8. The van der Waals surface area contributed by atoms with Gasteiger partial charge in [-0.25, -0.2) is 8.42 Å². The average Bonchev–Trinajstić information content (AvgIpc) is 2.14. The Kier molecular flexibility index (Phi) is 9.65. The molecule has 3 nitrogen and oxygen atoms in total. The van der Waals surface area contributed by atoms with Crippen molar-refractivity contribution in [3.63, 3.8) is 0 Å². The smallest absolute Gasteiger partial charge is 0.148 e. The summed E-state index contributed by atoms with van der Waals surface area (Å²) in [6, 6.07) is 0. The molecular formula is C10H23NO2S2. The predicted octanol–water partition coefficient (Wildman–Crippen LogP) is 1.54. The molecule has 0 amide bonds. The molecule has 0 fully saturated rings. The van der Waals surface area contributed by atoms with Crippen LogP contribution in [-0.2, 0) is 9.84 Å². The molecule has 0 aromatic heterocycles. The van der Waals surface area contributed by atoms with Gasteiger partial charge in [-0.15, -0.1) is 0 Å². The molecule has 0 radical (unpaired) electrons. The topological polar surface area (TPSA) is 46.2 Å². The molecule has 0 heterocycles. The van der Waals surface area contributed by atoms with E-state index in [1.54, 1.807) is 11.8 Å². The molecule has 0 unspecified atom stereocenters. The lowest BCUT2D eigenvalue weighted by Crippen LogP contribution is -2.18. The summed E-state index contributed by atoms with van der Waals surface area (Å²) in [7, 11) is -2.77. The Hall–Kier alpha value is 0.260. The van der Waals surface area contributed by atoms with Crippen LogP contribution < -0.4 is 5.32 Å². The lowest BCUT2D eigenvalue weighted by Gasteiger charge is -2.03. The first-order chi connectivity index (χ1) is 7.06. The van der Waals surface area contributed by atoms with E-state index in [0.717, 1.165) is 24.6 Å². The largest absolute Gasteiger partial charge is 0.316 e. The summed E-state index contributed by atoms with van der Waals surface area (Å²) in [5.41, 5.74) is 0. The van der Waals surface area contributed by atoms with E-state index in [0.29, 0.717) is 5.75 Å². The zero-order chi connectivity index (χ0) is 11.6. The molecule has 0 aliphatic carbocycles. The van der Waals surface area contributed by atoms with Crippen molar-refractivity contribution in [2.24, 2.45) is 0 Å². The Morgan fingerprint density at radius 1 is 1.13 bits per heavy atom. The van der Waals surface area contributed by atoms with Crippen LogP contribution in [0.15, 0.2) is 0 Å². The lowest BCUT2D eigenvalue weighted by molar-refractivity contribution is 0.603. The van der Waals surface area contributed by atoms with Gasteiger partial charge in [0.15, 0.2) is 0 Å². The molecule has 0 saturated carbocycles. The highest BCUT2D eigenvalue weighted by Gasteiger charge is 2.00. The Balaban J connectivity index is 3.06. The number of nitrogens with one attached hydrogen (secondary N) is 1. The Morgan fingerprint density at radius 2 is 1.87 bits per heavy atom.